The summed E-state index contributed by atoms with van der Waals surface area (Å²) in [6.45, 7) is 0.436. The van der Waals surface area contributed by atoms with Crippen molar-refractivity contribution in [3.05, 3.63) is 42.2 Å². The molecule has 1 aromatic heterocycles. The first kappa shape index (κ1) is 10.4. The lowest BCUT2D eigenvalue weighted by atomic mass is 10.1. The number of aromatic nitrogens is 1. The minimum atomic E-state index is -0.981. The average Bonchev–Trinajstić information content (AvgIpc) is 2.28. The summed E-state index contributed by atoms with van der Waals surface area (Å²) in [7, 11) is 0. The van der Waals surface area contributed by atoms with Gasteiger partial charge < -0.3 is 10.4 Å². The number of nitrogens with zero attached hydrogens (tertiary/aromatic N) is 1. The van der Waals surface area contributed by atoms with Gasteiger partial charge in [0, 0.05) is 24.3 Å². The van der Waals surface area contributed by atoms with E-state index in [0.717, 1.165) is 16.3 Å². The molecule has 4 nitrogen and oxygen atoms in total. The lowest BCUT2D eigenvalue weighted by Crippen LogP contribution is -2.23. The van der Waals surface area contributed by atoms with E-state index in [1.807, 2.05) is 24.4 Å². The van der Waals surface area contributed by atoms with Crippen molar-refractivity contribution in [2.75, 3.05) is 6.54 Å². The van der Waals surface area contributed by atoms with Gasteiger partial charge in [-0.15, -0.1) is 0 Å². The molecule has 0 aliphatic heterocycles. The first-order chi connectivity index (χ1) is 7.75. The number of carboxylic acid groups (broad SMARTS) is 1. The molecule has 0 saturated carbocycles. The Hall–Kier alpha value is -2.10. The second-order valence-electron chi connectivity index (χ2n) is 3.54. The number of fused-ring (bicyclic) bond motifs is 1. The quantitative estimate of drug-likeness (QED) is 0.825. The Morgan fingerprint density at radius 1 is 1.31 bits per heavy atom. The zero-order valence-corrected chi connectivity index (χ0v) is 8.68. The standard InChI is InChI=1S/C12H12N2O2/c15-12(16)14-6-3-9-1-2-11-8-13-5-4-10(11)7-9/h1-2,4-5,7-8,14H,3,6H2,(H,15,16). The molecule has 1 aromatic carbocycles. The summed E-state index contributed by atoms with van der Waals surface area (Å²) in [5, 5.41) is 13.0. The molecule has 0 fully saturated rings. The van der Waals surface area contributed by atoms with E-state index in [0.29, 0.717) is 13.0 Å². The molecule has 2 N–H and O–H groups in total. The maximum Gasteiger partial charge on any atom is 0.404 e. The van der Waals surface area contributed by atoms with Crippen LogP contribution in [0.15, 0.2) is 36.7 Å². The van der Waals surface area contributed by atoms with Gasteiger partial charge >= 0.3 is 6.09 Å². The Morgan fingerprint density at radius 3 is 3.00 bits per heavy atom. The van der Waals surface area contributed by atoms with E-state index in [1.54, 1.807) is 6.20 Å². The molecule has 1 heterocycles. The number of hydrogen-bond donors (Lipinski definition) is 2. The third-order valence-corrected chi connectivity index (χ3v) is 2.39. The Balaban J connectivity index is 2.10. The van der Waals surface area contributed by atoms with Crippen molar-refractivity contribution in [3.63, 3.8) is 0 Å². The van der Waals surface area contributed by atoms with Gasteiger partial charge in [0.25, 0.3) is 0 Å². The molecule has 1 amide bonds. The van der Waals surface area contributed by atoms with Crippen molar-refractivity contribution in [3.8, 4) is 0 Å². The van der Waals surface area contributed by atoms with Crippen LogP contribution < -0.4 is 5.32 Å². The molecule has 16 heavy (non-hydrogen) atoms. The highest BCUT2D eigenvalue weighted by Crippen LogP contribution is 2.14. The molecule has 4 heteroatoms. The summed E-state index contributed by atoms with van der Waals surface area (Å²) in [4.78, 5) is 14.3. The normalized spacial score (nSPS) is 10.2. The second kappa shape index (κ2) is 4.61. The largest absolute Gasteiger partial charge is 0.465 e. The minimum Gasteiger partial charge on any atom is -0.465 e. The molecule has 82 valence electrons. The number of pyridine rings is 1. The molecule has 0 atom stereocenters. The molecule has 0 aliphatic rings. The van der Waals surface area contributed by atoms with Crippen LogP contribution in [0.1, 0.15) is 5.56 Å². The second-order valence-corrected chi connectivity index (χ2v) is 3.54. The van der Waals surface area contributed by atoms with Gasteiger partial charge in [0.2, 0.25) is 0 Å². The van der Waals surface area contributed by atoms with Gasteiger partial charge in [0.05, 0.1) is 0 Å². The van der Waals surface area contributed by atoms with Crippen LogP contribution in [0.25, 0.3) is 10.8 Å². The minimum absolute atomic E-state index is 0.436. The van der Waals surface area contributed by atoms with E-state index in [1.165, 1.54) is 0 Å². The van der Waals surface area contributed by atoms with Gasteiger partial charge in [-0.05, 0) is 23.4 Å². The SMILES string of the molecule is O=C(O)NCCc1ccc2cnccc2c1. The summed E-state index contributed by atoms with van der Waals surface area (Å²) >= 11 is 0. The van der Waals surface area contributed by atoms with E-state index in [9.17, 15) is 4.79 Å². The summed E-state index contributed by atoms with van der Waals surface area (Å²) < 4.78 is 0. The third kappa shape index (κ3) is 2.48. The highest BCUT2D eigenvalue weighted by atomic mass is 16.4. The predicted molar refractivity (Wildman–Crippen MR) is 61.5 cm³/mol. The van der Waals surface area contributed by atoms with Crippen LogP contribution in [0.4, 0.5) is 4.79 Å². The fraction of sp³-hybridized carbons (Fsp3) is 0.167. The van der Waals surface area contributed by atoms with Crippen molar-refractivity contribution in [2.24, 2.45) is 0 Å². The Bertz CT molecular complexity index is 511. The molecular formula is C12H12N2O2. The van der Waals surface area contributed by atoms with Crippen molar-refractivity contribution < 1.29 is 9.90 Å². The van der Waals surface area contributed by atoms with Crippen LogP contribution in [0, 0.1) is 0 Å². The van der Waals surface area contributed by atoms with Gasteiger partial charge in [-0.25, -0.2) is 4.79 Å². The van der Waals surface area contributed by atoms with Crippen LogP contribution in [0.3, 0.4) is 0 Å². The summed E-state index contributed by atoms with van der Waals surface area (Å²) in [5.74, 6) is 0. The topological polar surface area (TPSA) is 62.2 Å². The van der Waals surface area contributed by atoms with Crippen LogP contribution >= 0.6 is 0 Å². The van der Waals surface area contributed by atoms with E-state index in [2.05, 4.69) is 16.4 Å². The number of nitrogens with one attached hydrogen (secondary N) is 1. The first-order valence-corrected chi connectivity index (χ1v) is 5.05. The van der Waals surface area contributed by atoms with Crippen LogP contribution in [0.5, 0.6) is 0 Å². The highest BCUT2D eigenvalue weighted by Gasteiger charge is 1.98. The zero-order valence-electron chi connectivity index (χ0n) is 8.68. The first-order valence-electron chi connectivity index (χ1n) is 5.05. The maximum atomic E-state index is 10.3. The molecule has 0 aliphatic carbocycles. The van der Waals surface area contributed by atoms with Gasteiger partial charge in [-0.1, -0.05) is 18.2 Å². The molecule has 2 rings (SSSR count). The summed E-state index contributed by atoms with van der Waals surface area (Å²) in [5.41, 5.74) is 1.12. The highest BCUT2D eigenvalue weighted by molar-refractivity contribution is 5.82. The van der Waals surface area contributed by atoms with Crippen molar-refractivity contribution in [1.29, 1.82) is 0 Å². The number of hydrogen-bond acceptors (Lipinski definition) is 2. The summed E-state index contributed by atoms with van der Waals surface area (Å²) in [6.07, 6.45) is 3.28. The number of amides is 1. The Kier molecular flexibility index (Phi) is 3.00. The maximum absolute atomic E-state index is 10.3. The molecule has 0 spiro atoms. The van der Waals surface area contributed by atoms with E-state index >= 15 is 0 Å². The fourth-order valence-electron chi connectivity index (χ4n) is 1.60. The van der Waals surface area contributed by atoms with E-state index in [4.69, 9.17) is 5.11 Å². The number of rotatable bonds is 3. The molecular weight excluding hydrogens is 204 g/mol. The van der Waals surface area contributed by atoms with E-state index < -0.39 is 6.09 Å². The lowest BCUT2D eigenvalue weighted by Gasteiger charge is -2.03. The van der Waals surface area contributed by atoms with Crippen molar-refractivity contribution in [1.82, 2.24) is 10.3 Å². The predicted octanol–water partition coefficient (Wildman–Crippen LogP) is 2.04. The van der Waals surface area contributed by atoms with Gasteiger partial charge in [-0.2, -0.15) is 0 Å². The number of carbonyl (C=O) groups is 1. The van der Waals surface area contributed by atoms with Gasteiger partial charge in [0.15, 0.2) is 0 Å². The third-order valence-electron chi connectivity index (χ3n) is 2.39. The van der Waals surface area contributed by atoms with E-state index in [-0.39, 0.29) is 0 Å². The smallest absolute Gasteiger partial charge is 0.404 e. The molecule has 0 radical (unpaired) electrons. The van der Waals surface area contributed by atoms with Crippen LogP contribution in [-0.4, -0.2) is 22.7 Å². The van der Waals surface area contributed by atoms with Gasteiger partial charge in [0.1, 0.15) is 0 Å². The lowest BCUT2D eigenvalue weighted by molar-refractivity contribution is 0.194. The molecule has 0 unspecified atom stereocenters. The Morgan fingerprint density at radius 2 is 2.19 bits per heavy atom. The Labute approximate surface area is 92.9 Å². The zero-order chi connectivity index (χ0) is 11.4. The average molecular weight is 216 g/mol. The summed E-state index contributed by atoms with van der Waals surface area (Å²) in [6, 6.07) is 8.00. The molecule has 0 saturated heterocycles. The molecule has 0 bridgehead atoms. The van der Waals surface area contributed by atoms with Crippen LogP contribution in [0.2, 0.25) is 0 Å². The van der Waals surface area contributed by atoms with Crippen molar-refractivity contribution in [2.45, 2.75) is 6.42 Å². The fourth-order valence-corrected chi connectivity index (χ4v) is 1.60. The van der Waals surface area contributed by atoms with Crippen LogP contribution in [-0.2, 0) is 6.42 Å². The molecule has 2 aromatic rings. The monoisotopic (exact) mass is 216 g/mol. The van der Waals surface area contributed by atoms with Gasteiger partial charge in [-0.3, -0.25) is 4.98 Å². The van der Waals surface area contributed by atoms with Crippen molar-refractivity contribution >= 4 is 16.9 Å². The number of benzene rings is 1.